The van der Waals surface area contributed by atoms with E-state index in [-0.39, 0.29) is 11.8 Å². The van der Waals surface area contributed by atoms with Crippen LogP contribution >= 0.6 is 0 Å². The van der Waals surface area contributed by atoms with Crippen LogP contribution in [0, 0.1) is 0 Å². The van der Waals surface area contributed by atoms with Gasteiger partial charge in [0.15, 0.2) is 0 Å². The quantitative estimate of drug-likeness (QED) is 0.852. The number of nitrogens with one attached hydrogen (secondary N) is 1. The summed E-state index contributed by atoms with van der Waals surface area (Å²) in [5, 5.41) is 13.2. The maximum Gasteiger partial charge on any atom is 0.372 e. The number of fused-ring (bicyclic) bond motifs is 1. The lowest BCUT2D eigenvalue weighted by Crippen LogP contribution is -2.30. The van der Waals surface area contributed by atoms with E-state index in [9.17, 15) is 14.1 Å². The van der Waals surface area contributed by atoms with E-state index in [2.05, 4.69) is 5.32 Å². The number of furan rings is 1. The van der Waals surface area contributed by atoms with Gasteiger partial charge in [-0.3, -0.25) is 4.21 Å². The number of carboxylic acid groups (broad SMARTS) is 1. The molecule has 0 spiro atoms. The molecule has 0 saturated carbocycles. The van der Waals surface area contributed by atoms with Gasteiger partial charge in [-0.25, -0.2) is 4.79 Å². The molecule has 0 amide bonds. The van der Waals surface area contributed by atoms with Crippen LogP contribution in [0.4, 0.5) is 0 Å². The SMILES string of the molecule is CC(CS(C)=O)NCc1c(C(=O)O)oc2ccccc12. The Balaban J connectivity index is 2.25. The van der Waals surface area contributed by atoms with Gasteiger partial charge in [-0.05, 0) is 13.0 Å². The molecule has 1 heterocycles. The molecule has 108 valence electrons. The van der Waals surface area contributed by atoms with Crippen molar-refractivity contribution in [2.45, 2.75) is 19.5 Å². The van der Waals surface area contributed by atoms with Crippen molar-refractivity contribution in [1.82, 2.24) is 5.32 Å². The molecule has 0 radical (unpaired) electrons. The molecule has 2 aromatic rings. The number of aromatic carboxylic acids is 1. The van der Waals surface area contributed by atoms with Gasteiger partial charge in [-0.2, -0.15) is 0 Å². The molecular weight excluding hydrogens is 278 g/mol. The van der Waals surface area contributed by atoms with Gasteiger partial charge in [-0.1, -0.05) is 18.2 Å². The molecule has 5 nitrogen and oxygen atoms in total. The number of hydrogen-bond donors (Lipinski definition) is 2. The zero-order chi connectivity index (χ0) is 14.7. The highest BCUT2D eigenvalue weighted by molar-refractivity contribution is 7.84. The summed E-state index contributed by atoms with van der Waals surface area (Å²) in [4.78, 5) is 11.2. The third-order valence-electron chi connectivity index (χ3n) is 3.00. The highest BCUT2D eigenvalue weighted by Gasteiger charge is 2.19. The van der Waals surface area contributed by atoms with E-state index >= 15 is 0 Å². The van der Waals surface area contributed by atoms with E-state index in [1.54, 1.807) is 18.4 Å². The van der Waals surface area contributed by atoms with Crippen LogP contribution in [0.5, 0.6) is 0 Å². The smallest absolute Gasteiger partial charge is 0.372 e. The zero-order valence-electron chi connectivity index (χ0n) is 11.4. The Morgan fingerprint density at radius 1 is 1.45 bits per heavy atom. The lowest BCUT2D eigenvalue weighted by Gasteiger charge is -2.11. The summed E-state index contributed by atoms with van der Waals surface area (Å²) >= 11 is 0. The predicted molar refractivity (Wildman–Crippen MR) is 78.4 cm³/mol. The lowest BCUT2D eigenvalue weighted by atomic mass is 10.1. The van der Waals surface area contributed by atoms with Crippen molar-refractivity contribution in [2.24, 2.45) is 0 Å². The highest BCUT2D eigenvalue weighted by atomic mass is 32.2. The minimum absolute atomic E-state index is 0.0381. The molecule has 20 heavy (non-hydrogen) atoms. The molecule has 2 unspecified atom stereocenters. The standard InChI is InChI=1S/C14H17NO4S/c1-9(8-20(2)18)15-7-11-10-5-3-4-6-12(10)19-13(11)14(16)17/h3-6,9,15H,7-8H2,1-2H3,(H,16,17). The predicted octanol–water partition coefficient (Wildman–Crippen LogP) is 1.99. The molecule has 0 aliphatic heterocycles. The average Bonchev–Trinajstić information content (AvgIpc) is 2.74. The number of rotatable bonds is 6. The summed E-state index contributed by atoms with van der Waals surface area (Å²) in [5.74, 6) is -0.591. The lowest BCUT2D eigenvalue weighted by molar-refractivity contribution is 0.0663. The fourth-order valence-corrected chi connectivity index (χ4v) is 2.96. The Morgan fingerprint density at radius 3 is 2.80 bits per heavy atom. The molecule has 1 aromatic heterocycles. The Kier molecular flexibility index (Phi) is 4.57. The minimum atomic E-state index is -1.08. The first-order valence-corrected chi connectivity index (χ1v) is 7.99. The fraction of sp³-hybridized carbons (Fsp3) is 0.357. The normalized spacial score (nSPS) is 14.3. The van der Waals surface area contributed by atoms with Crippen LogP contribution in [0.2, 0.25) is 0 Å². The van der Waals surface area contributed by atoms with Crippen LogP contribution in [0.15, 0.2) is 28.7 Å². The van der Waals surface area contributed by atoms with Crippen LogP contribution in [-0.2, 0) is 17.3 Å². The van der Waals surface area contributed by atoms with E-state index in [4.69, 9.17) is 4.42 Å². The number of para-hydroxylation sites is 1. The molecule has 2 atom stereocenters. The van der Waals surface area contributed by atoms with Crippen molar-refractivity contribution in [3.8, 4) is 0 Å². The van der Waals surface area contributed by atoms with Gasteiger partial charge in [0.2, 0.25) is 5.76 Å². The number of benzene rings is 1. The zero-order valence-corrected chi connectivity index (χ0v) is 12.2. The van der Waals surface area contributed by atoms with Gasteiger partial charge in [-0.15, -0.1) is 0 Å². The van der Waals surface area contributed by atoms with Crippen LogP contribution in [-0.4, -0.2) is 33.3 Å². The van der Waals surface area contributed by atoms with Gasteiger partial charge >= 0.3 is 5.97 Å². The molecule has 2 rings (SSSR count). The van der Waals surface area contributed by atoms with Crippen molar-refractivity contribution < 1.29 is 18.5 Å². The van der Waals surface area contributed by atoms with Gasteiger partial charge in [0.05, 0.1) is 0 Å². The van der Waals surface area contributed by atoms with Crippen molar-refractivity contribution in [3.05, 3.63) is 35.6 Å². The first kappa shape index (κ1) is 14.7. The topological polar surface area (TPSA) is 79.5 Å². The third-order valence-corrected chi connectivity index (χ3v) is 3.97. The Morgan fingerprint density at radius 2 is 2.15 bits per heavy atom. The first-order chi connectivity index (χ1) is 9.49. The second kappa shape index (κ2) is 6.19. The summed E-state index contributed by atoms with van der Waals surface area (Å²) in [5.41, 5.74) is 1.19. The summed E-state index contributed by atoms with van der Waals surface area (Å²) in [7, 11) is -0.887. The summed E-state index contributed by atoms with van der Waals surface area (Å²) in [6, 6.07) is 7.27. The molecular formula is C14H17NO4S. The van der Waals surface area contributed by atoms with Gasteiger partial charge in [0, 0.05) is 46.3 Å². The van der Waals surface area contributed by atoms with E-state index in [0.29, 0.717) is 23.4 Å². The van der Waals surface area contributed by atoms with Crippen LogP contribution in [0.25, 0.3) is 11.0 Å². The molecule has 0 aliphatic rings. The maximum atomic E-state index is 11.2. The number of carboxylic acids is 1. The molecule has 6 heteroatoms. The Labute approximate surface area is 119 Å². The molecule has 0 saturated heterocycles. The third kappa shape index (κ3) is 3.26. The van der Waals surface area contributed by atoms with Gasteiger partial charge < -0.3 is 14.8 Å². The maximum absolute atomic E-state index is 11.2. The van der Waals surface area contributed by atoms with E-state index in [1.807, 2.05) is 19.1 Å². The summed E-state index contributed by atoms with van der Waals surface area (Å²) in [6.45, 7) is 2.29. The Bertz CT molecular complexity index is 650. The first-order valence-electron chi connectivity index (χ1n) is 6.26. The molecule has 0 aliphatic carbocycles. The minimum Gasteiger partial charge on any atom is -0.475 e. The molecule has 0 fully saturated rings. The number of carbonyl (C=O) groups is 1. The van der Waals surface area contributed by atoms with Crippen molar-refractivity contribution in [3.63, 3.8) is 0 Å². The Hall–Kier alpha value is -1.66. The molecule has 1 aromatic carbocycles. The van der Waals surface area contributed by atoms with Crippen LogP contribution in [0.3, 0.4) is 0 Å². The van der Waals surface area contributed by atoms with Crippen LogP contribution in [0.1, 0.15) is 23.0 Å². The second-order valence-electron chi connectivity index (χ2n) is 4.73. The summed E-state index contributed by atoms with van der Waals surface area (Å²) < 4.78 is 16.5. The van der Waals surface area contributed by atoms with E-state index in [1.165, 1.54) is 0 Å². The van der Waals surface area contributed by atoms with Crippen LogP contribution < -0.4 is 5.32 Å². The monoisotopic (exact) mass is 295 g/mol. The van der Waals surface area contributed by atoms with Crippen molar-refractivity contribution >= 4 is 27.7 Å². The second-order valence-corrected chi connectivity index (χ2v) is 6.21. The number of hydrogen-bond acceptors (Lipinski definition) is 4. The summed E-state index contributed by atoms with van der Waals surface area (Å²) in [6.07, 6.45) is 1.65. The van der Waals surface area contributed by atoms with Crippen molar-refractivity contribution in [2.75, 3.05) is 12.0 Å². The van der Waals surface area contributed by atoms with E-state index < -0.39 is 16.8 Å². The van der Waals surface area contributed by atoms with Crippen molar-refractivity contribution in [1.29, 1.82) is 0 Å². The van der Waals surface area contributed by atoms with Gasteiger partial charge in [0.1, 0.15) is 5.58 Å². The highest BCUT2D eigenvalue weighted by Crippen LogP contribution is 2.25. The molecule has 0 bridgehead atoms. The largest absolute Gasteiger partial charge is 0.475 e. The fourth-order valence-electron chi connectivity index (χ4n) is 2.13. The molecule has 2 N–H and O–H groups in total. The average molecular weight is 295 g/mol. The van der Waals surface area contributed by atoms with Gasteiger partial charge in [0.25, 0.3) is 0 Å². The van der Waals surface area contributed by atoms with E-state index in [0.717, 1.165) is 5.39 Å².